The molecule has 2 aliphatic heterocycles. The number of urea groups is 2. The summed E-state index contributed by atoms with van der Waals surface area (Å²) in [5.74, 6) is 0. The maximum atomic E-state index is 13.6. The molecule has 4 N–H and O–H groups in total. The topological polar surface area (TPSA) is 167 Å². The molecule has 5 unspecified atom stereocenters. The minimum atomic E-state index is -0.683. The van der Waals surface area contributed by atoms with Crippen molar-refractivity contribution >= 4 is 18.5 Å². The molecule has 0 aromatic heterocycles. The van der Waals surface area contributed by atoms with Crippen molar-refractivity contribution in [2.75, 3.05) is 85.2 Å². The van der Waals surface area contributed by atoms with Crippen LogP contribution in [0.5, 0.6) is 0 Å². The average Bonchev–Trinajstić information content (AvgIpc) is 4.00. The Labute approximate surface area is 410 Å². The predicted octanol–water partition coefficient (Wildman–Crippen LogP) is 5.96. The van der Waals surface area contributed by atoms with E-state index in [4.69, 9.17) is 15.6 Å². The molecule has 315 valence electrons. The third-order valence-electron chi connectivity index (χ3n) is 9.45. The van der Waals surface area contributed by atoms with Gasteiger partial charge in [-0.15, -0.1) is 13.1 Å². The van der Waals surface area contributed by atoms with Crippen LogP contribution in [-0.2, 0) is 108 Å². The van der Waals surface area contributed by atoms with Crippen molar-refractivity contribution in [1.29, 1.82) is 0 Å². The van der Waals surface area contributed by atoms with Crippen LogP contribution in [0.1, 0.15) is 119 Å². The fourth-order valence-electron chi connectivity index (χ4n) is 5.91. The van der Waals surface area contributed by atoms with Crippen molar-refractivity contribution in [3.05, 3.63) is 11.1 Å². The van der Waals surface area contributed by atoms with Gasteiger partial charge in [0.25, 0.3) is 0 Å². The molecular formula is C38H76N8O6Y3-2. The van der Waals surface area contributed by atoms with Crippen LogP contribution in [0.25, 0.3) is 11.1 Å². The first-order chi connectivity index (χ1) is 24.8. The van der Waals surface area contributed by atoms with Crippen LogP contribution in [0.2, 0.25) is 0 Å². The minimum absolute atomic E-state index is 0. The van der Waals surface area contributed by atoms with Gasteiger partial charge in [0.05, 0.1) is 12.2 Å². The van der Waals surface area contributed by atoms with E-state index in [1.54, 1.807) is 4.90 Å². The van der Waals surface area contributed by atoms with E-state index in [0.717, 1.165) is 103 Å². The first kappa shape index (κ1) is 60.7. The molecule has 2 heterocycles. The van der Waals surface area contributed by atoms with Crippen LogP contribution >= 0.6 is 0 Å². The fraction of sp³-hybridized carbons (Fsp3) is 0.921. The van der Waals surface area contributed by atoms with E-state index in [9.17, 15) is 19.6 Å². The van der Waals surface area contributed by atoms with Crippen molar-refractivity contribution in [2.45, 2.75) is 142 Å². The molecule has 2 aliphatic rings. The zero-order valence-corrected chi connectivity index (χ0v) is 43.9. The Hall–Kier alpha value is 1.40. The summed E-state index contributed by atoms with van der Waals surface area (Å²) in [4.78, 5) is 44.8. The normalized spacial score (nSPS) is 18.7. The van der Waals surface area contributed by atoms with E-state index in [2.05, 4.69) is 34.3 Å². The van der Waals surface area contributed by atoms with Gasteiger partial charge in [0, 0.05) is 175 Å². The van der Waals surface area contributed by atoms with Gasteiger partial charge in [-0.2, -0.15) is 11.6 Å². The zero-order valence-electron chi connectivity index (χ0n) is 35.4. The van der Waals surface area contributed by atoms with Gasteiger partial charge in [-0.1, -0.05) is 51.4 Å². The summed E-state index contributed by atoms with van der Waals surface area (Å²) in [6, 6.07) is 0.433. The molecule has 0 saturated carbocycles. The van der Waals surface area contributed by atoms with Crippen molar-refractivity contribution in [1.82, 2.24) is 30.0 Å². The van der Waals surface area contributed by atoms with Crippen molar-refractivity contribution < 1.29 is 128 Å². The smallest absolute Gasteiger partial charge is 0.331 e. The summed E-state index contributed by atoms with van der Waals surface area (Å²) in [7, 11) is 0. The number of nitrogens with one attached hydrogen (secondary N) is 2. The SMILES string of the molecule is CC(CN1CC1C)N(O)CCCCCCN(CCCCCC[NH-])C(=O)N(CCCCCC[N-]CCOC(C)(C)C)C(=O)NC=O.CC1CN1CCO.[Y].[Y].[Y]. The largest absolute Gasteiger partial charge is 0.677 e. The van der Waals surface area contributed by atoms with E-state index < -0.39 is 6.03 Å². The first-order valence-electron chi connectivity index (χ1n) is 20.1. The number of unbranched alkanes of at least 4 members (excludes halogenated alkanes) is 9. The van der Waals surface area contributed by atoms with Gasteiger partial charge in [-0.05, 0) is 67.2 Å². The Morgan fingerprint density at radius 3 is 1.84 bits per heavy atom. The number of β-amino-alcohol motifs (C(OH)–C–C–N with tert-alkyl or cyclic N) is 1. The maximum absolute atomic E-state index is 13.6. The van der Waals surface area contributed by atoms with Gasteiger partial charge in [-0.3, -0.25) is 19.9 Å². The third-order valence-corrected chi connectivity index (χ3v) is 9.45. The van der Waals surface area contributed by atoms with Gasteiger partial charge in [0.2, 0.25) is 6.41 Å². The molecule has 17 heteroatoms. The van der Waals surface area contributed by atoms with Crippen LogP contribution in [0.3, 0.4) is 0 Å². The summed E-state index contributed by atoms with van der Waals surface area (Å²) in [6.07, 6.45) is 10.8. The Morgan fingerprint density at radius 2 is 1.36 bits per heavy atom. The molecule has 2 saturated heterocycles. The fourth-order valence-corrected chi connectivity index (χ4v) is 5.91. The molecule has 0 aliphatic carbocycles. The summed E-state index contributed by atoms with van der Waals surface area (Å²) < 4.78 is 5.68. The monoisotopic (exact) mass is 1010 g/mol. The second-order valence-electron chi connectivity index (χ2n) is 15.5. The Bertz CT molecular complexity index is 958. The number of nitrogens with zero attached hydrogens (tertiary/aromatic N) is 6. The molecule has 0 bridgehead atoms. The van der Waals surface area contributed by atoms with Gasteiger partial charge in [0.1, 0.15) is 0 Å². The van der Waals surface area contributed by atoms with E-state index in [-0.39, 0.29) is 122 Å². The molecule has 0 aromatic rings. The number of rotatable bonds is 29. The van der Waals surface area contributed by atoms with Crippen LogP contribution in [0.4, 0.5) is 9.59 Å². The number of hydrogen-bond acceptors (Lipinski definition) is 9. The molecule has 5 amide bonds. The molecule has 2 fully saturated rings. The summed E-state index contributed by atoms with van der Waals surface area (Å²) in [5.41, 5.74) is 7.21. The molecule has 0 spiro atoms. The standard InChI is InChI=1S/C33H65N7O5.C5H11NO.3Y/c1-29-26-38(29)27-30(2)40(44)24-17-11-10-15-22-37(21-14-8-6-12-18-34)32(43)39(31(42)36-28-41)23-16-9-7-13-19-35-20-25-45-33(3,4)5;1-5-4-6(5)2-3-7;;;/h28-30,34,44H,6-27H2,1-5H3,(H,36,41,42);5,7H,2-4H2,1H3;;;/q-2;;;;. The van der Waals surface area contributed by atoms with Crippen molar-refractivity contribution in [3.63, 3.8) is 0 Å². The molecule has 55 heavy (non-hydrogen) atoms. The summed E-state index contributed by atoms with van der Waals surface area (Å²) >= 11 is 0. The van der Waals surface area contributed by atoms with Gasteiger partial charge in [0.15, 0.2) is 0 Å². The van der Waals surface area contributed by atoms with Crippen LogP contribution in [0, 0.1) is 0 Å². The summed E-state index contributed by atoms with van der Waals surface area (Å²) in [5, 5.41) is 26.8. The van der Waals surface area contributed by atoms with Crippen molar-refractivity contribution in [2.24, 2.45) is 0 Å². The number of carbonyl (C=O) groups excluding carboxylic acids is 3. The predicted molar refractivity (Wildman–Crippen MR) is 209 cm³/mol. The van der Waals surface area contributed by atoms with Crippen LogP contribution in [0.15, 0.2) is 0 Å². The Morgan fingerprint density at radius 1 is 0.855 bits per heavy atom. The quantitative estimate of drug-likeness (QED) is 0.0355. The van der Waals surface area contributed by atoms with Gasteiger partial charge in [-0.25, -0.2) is 14.5 Å². The van der Waals surface area contributed by atoms with E-state index in [1.165, 1.54) is 16.5 Å². The maximum Gasteiger partial charge on any atom is 0.331 e. The van der Waals surface area contributed by atoms with Gasteiger partial charge >= 0.3 is 12.1 Å². The number of hydroxylamine groups is 2. The van der Waals surface area contributed by atoms with Gasteiger partial charge < -0.3 is 31.0 Å². The zero-order chi connectivity index (χ0) is 38.8. The number of amides is 5. The molecule has 5 atom stereocenters. The van der Waals surface area contributed by atoms with Crippen LogP contribution < -0.4 is 5.32 Å². The number of aliphatic hydroxyl groups excluding tert-OH is 1. The molecular weight excluding hydrogens is 931 g/mol. The average molecular weight is 1010 g/mol. The summed E-state index contributed by atoms with van der Waals surface area (Å²) in [6.45, 7) is 21.3. The third kappa shape index (κ3) is 32.8. The van der Waals surface area contributed by atoms with Crippen LogP contribution in [-0.4, -0.2) is 162 Å². The second-order valence-corrected chi connectivity index (χ2v) is 15.5. The number of hydrogen-bond donors (Lipinski definition) is 3. The molecule has 0 aromatic carbocycles. The first-order valence-corrected chi connectivity index (χ1v) is 20.1. The van der Waals surface area contributed by atoms with Crippen molar-refractivity contribution in [3.8, 4) is 0 Å². The molecule has 14 nitrogen and oxygen atoms in total. The van der Waals surface area contributed by atoms with E-state index in [1.807, 2.05) is 27.7 Å². The number of aliphatic hydroxyl groups is 1. The molecule has 2 rings (SSSR count). The number of ether oxygens (including phenoxy) is 1. The van der Waals surface area contributed by atoms with E-state index >= 15 is 0 Å². The number of imide groups is 2. The molecule has 3 radical (unpaired) electrons. The number of carbonyl (C=O) groups is 3. The minimum Gasteiger partial charge on any atom is -0.677 e. The Kier molecular flexibility index (Phi) is 41.0. The Balaban J connectivity index is -0.00000242. The van der Waals surface area contributed by atoms with E-state index in [0.29, 0.717) is 64.8 Å². The second kappa shape index (κ2) is 37.2.